The van der Waals surface area contributed by atoms with E-state index >= 15 is 0 Å². The van der Waals surface area contributed by atoms with Crippen LogP contribution in [0.1, 0.15) is 25.1 Å². The summed E-state index contributed by atoms with van der Waals surface area (Å²) in [6, 6.07) is 10.0. The molecule has 10 nitrogen and oxygen atoms in total. The molecule has 1 atom stereocenters. The highest BCUT2D eigenvalue weighted by Gasteiger charge is 2.38. The third kappa shape index (κ3) is 3.26. The fraction of sp³-hybridized carbons (Fsp3) is 0.250. The first-order valence-corrected chi connectivity index (χ1v) is 10.6. The van der Waals surface area contributed by atoms with Gasteiger partial charge < -0.3 is 9.47 Å². The molecule has 0 aliphatic carbocycles. The molecule has 0 unspecified atom stereocenters. The second-order valence-corrected chi connectivity index (χ2v) is 8.03. The SMILES string of the molecule is CCCSC1=NN2C(=c3ccccc3=N[C@@H]2c2cc3c(cc2[N+](=O)[O-])OCO3)C(=O)N1. The Balaban J connectivity index is 1.74. The predicted octanol–water partition coefficient (Wildman–Crippen LogP) is 1.61. The zero-order chi connectivity index (χ0) is 21.5. The minimum Gasteiger partial charge on any atom is -0.454 e. The lowest BCUT2D eigenvalue weighted by Gasteiger charge is -2.33. The fourth-order valence-corrected chi connectivity index (χ4v) is 4.31. The molecular weight excluding hydrogens is 422 g/mol. The average molecular weight is 439 g/mol. The van der Waals surface area contributed by atoms with Gasteiger partial charge in [-0.2, -0.15) is 0 Å². The van der Waals surface area contributed by atoms with Gasteiger partial charge in [-0.15, -0.1) is 5.10 Å². The monoisotopic (exact) mass is 439 g/mol. The molecule has 0 saturated heterocycles. The largest absolute Gasteiger partial charge is 0.454 e. The van der Waals surface area contributed by atoms with Crippen molar-refractivity contribution >= 4 is 34.2 Å². The molecule has 0 fully saturated rings. The van der Waals surface area contributed by atoms with E-state index in [-0.39, 0.29) is 24.0 Å². The number of fused-ring (bicyclic) bond motifs is 3. The standard InChI is InChI=1S/C20H17N5O5S/c1-2-7-31-20-22-19(26)17-11-5-3-4-6-13(11)21-18(24(17)23-20)12-8-15-16(30-10-29-15)9-14(12)25(27)28/h3-6,8-9,18H,2,7,10H2,1H3,(H,22,23,26)/t18-/m0/s1. The highest BCUT2D eigenvalue weighted by atomic mass is 32.2. The highest BCUT2D eigenvalue weighted by molar-refractivity contribution is 8.13. The summed E-state index contributed by atoms with van der Waals surface area (Å²) in [5.41, 5.74) is 0.378. The molecule has 0 spiro atoms. The summed E-state index contributed by atoms with van der Waals surface area (Å²) in [6.07, 6.45) is -0.0106. The molecule has 5 rings (SSSR count). The Morgan fingerprint density at radius 2 is 2.06 bits per heavy atom. The number of rotatable bonds is 4. The number of nitrogens with one attached hydrogen (secondary N) is 1. The molecule has 3 aliphatic heterocycles. The summed E-state index contributed by atoms with van der Waals surface area (Å²) in [6.45, 7) is 2.01. The van der Waals surface area contributed by atoms with Gasteiger partial charge in [-0.1, -0.05) is 36.9 Å². The molecule has 1 amide bonds. The number of hydrogen-bond acceptors (Lipinski definition) is 9. The number of para-hydroxylation sites is 1. The van der Waals surface area contributed by atoms with Crippen molar-refractivity contribution < 1.29 is 19.2 Å². The Hall–Kier alpha value is -3.60. The van der Waals surface area contributed by atoms with Crippen molar-refractivity contribution in [1.82, 2.24) is 10.3 Å². The molecule has 2 aromatic carbocycles. The van der Waals surface area contributed by atoms with Crippen LogP contribution in [-0.4, -0.2) is 33.6 Å². The number of nitrogens with zero attached hydrogens (tertiary/aromatic N) is 4. The van der Waals surface area contributed by atoms with Gasteiger partial charge in [-0.25, -0.2) is 5.01 Å². The molecule has 1 N–H and O–H groups in total. The summed E-state index contributed by atoms with van der Waals surface area (Å²) in [5.74, 6) is 1.13. The lowest BCUT2D eigenvalue weighted by molar-refractivity contribution is -0.386. The van der Waals surface area contributed by atoms with Crippen LogP contribution in [-0.2, 0) is 4.79 Å². The summed E-state index contributed by atoms with van der Waals surface area (Å²) >= 11 is 1.41. The number of carbonyl (C=O) groups is 1. The third-order valence-electron chi connectivity index (χ3n) is 4.96. The maximum Gasteiger partial charge on any atom is 0.280 e. The van der Waals surface area contributed by atoms with E-state index < -0.39 is 11.1 Å². The second kappa shape index (κ2) is 7.58. The number of hydrazone groups is 1. The molecule has 2 aromatic rings. The smallest absolute Gasteiger partial charge is 0.280 e. The van der Waals surface area contributed by atoms with Gasteiger partial charge >= 0.3 is 0 Å². The van der Waals surface area contributed by atoms with Gasteiger partial charge in [-0.3, -0.25) is 25.2 Å². The molecule has 0 radical (unpaired) electrons. The lowest BCUT2D eigenvalue weighted by atomic mass is 10.1. The van der Waals surface area contributed by atoms with Gasteiger partial charge in [0.25, 0.3) is 11.6 Å². The van der Waals surface area contributed by atoms with Gasteiger partial charge in [0.2, 0.25) is 6.79 Å². The second-order valence-electron chi connectivity index (χ2n) is 6.94. The van der Waals surface area contributed by atoms with Crippen molar-refractivity contribution in [2.75, 3.05) is 12.5 Å². The number of nitro groups is 1. The van der Waals surface area contributed by atoms with E-state index in [4.69, 9.17) is 14.5 Å². The van der Waals surface area contributed by atoms with Gasteiger partial charge in [-0.05, 0) is 18.6 Å². The number of hydrogen-bond donors (Lipinski definition) is 1. The van der Waals surface area contributed by atoms with Gasteiger partial charge in [0, 0.05) is 11.0 Å². The van der Waals surface area contributed by atoms with E-state index in [2.05, 4.69) is 10.4 Å². The van der Waals surface area contributed by atoms with Crippen molar-refractivity contribution in [2.45, 2.75) is 19.5 Å². The number of benzene rings is 2. The molecule has 3 heterocycles. The van der Waals surface area contributed by atoms with E-state index in [0.717, 1.165) is 12.2 Å². The van der Waals surface area contributed by atoms with Crippen molar-refractivity contribution in [3.05, 3.63) is 62.7 Å². The zero-order valence-corrected chi connectivity index (χ0v) is 17.2. The summed E-state index contributed by atoms with van der Waals surface area (Å²) < 4.78 is 10.7. The molecule has 3 aliphatic rings. The van der Waals surface area contributed by atoms with Gasteiger partial charge in [0.05, 0.1) is 21.9 Å². The van der Waals surface area contributed by atoms with Crippen molar-refractivity contribution in [2.24, 2.45) is 10.1 Å². The van der Waals surface area contributed by atoms with Crippen LogP contribution in [0.4, 0.5) is 5.69 Å². The first kappa shape index (κ1) is 19.4. The van der Waals surface area contributed by atoms with Crippen LogP contribution in [0.2, 0.25) is 0 Å². The maximum atomic E-state index is 13.0. The predicted molar refractivity (Wildman–Crippen MR) is 113 cm³/mol. The minimum absolute atomic E-state index is 0.0139. The summed E-state index contributed by atoms with van der Waals surface area (Å²) in [5, 5.41) is 22.3. The molecule has 0 bridgehead atoms. The van der Waals surface area contributed by atoms with Crippen LogP contribution in [0.5, 0.6) is 11.5 Å². The van der Waals surface area contributed by atoms with Crippen LogP contribution in [0.3, 0.4) is 0 Å². The van der Waals surface area contributed by atoms with Crippen molar-refractivity contribution in [3.8, 4) is 11.5 Å². The number of ether oxygens (including phenoxy) is 2. The Labute approximate surface area is 180 Å². The van der Waals surface area contributed by atoms with E-state index in [0.29, 0.717) is 32.9 Å². The number of amides is 1. The van der Waals surface area contributed by atoms with Gasteiger partial charge in [0.1, 0.15) is 5.70 Å². The third-order valence-corrected chi connectivity index (χ3v) is 6.02. The van der Waals surface area contributed by atoms with Crippen LogP contribution in [0.15, 0.2) is 46.5 Å². The average Bonchev–Trinajstić information content (AvgIpc) is 3.23. The van der Waals surface area contributed by atoms with Crippen LogP contribution >= 0.6 is 11.8 Å². The van der Waals surface area contributed by atoms with Crippen LogP contribution in [0, 0.1) is 10.1 Å². The zero-order valence-electron chi connectivity index (χ0n) is 16.4. The molecule has 11 heteroatoms. The lowest BCUT2D eigenvalue weighted by Crippen LogP contribution is -2.50. The number of amidine groups is 1. The summed E-state index contributed by atoms with van der Waals surface area (Å²) in [7, 11) is 0. The molecule has 158 valence electrons. The topological polar surface area (TPSA) is 119 Å². The first-order chi connectivity index (χ1) is 15.1. The normalized spacial score (nSPS) is 18.5. The number of nitro benzene ring substituents is 1. The molecule has 31 heavy (non-hydrogen) atoms. The van der Waals surface area contributed by atoms with E-state index in [1.807, 2.05) is 6.92 Å². The van der Waals surface area contributed by atoms with E-state index in [1.54, 1.807) is 30.3 Å². The molecular formula is C20H17N5O5S. The Kier molecular flexibility index (Phi) is 4.74. The quantitative estimate of drug-likeness (QED) is 0.568. The van der Waals surface area contributed by atoms with Crippen LogP contribution in [0.25, 0.3) is 5.70 Å². The minimum atomic E-state index is -0.914. The highest BCUT2D eigenvalue weighted by Crippen LogP contribution is 2.43. The van der Waals surface area contributed by atoms with E-state index in [1.165, 1.54) is 22.8 Å². The van der Waals surface area contributed by atoms with E-state index in [9.17, 15) is 14.9 Å². The van der Waals surface area contributed by atoms with Crippen molar-refractivity contribution in [1.29, 1.82) is 0 Å². The number of thioether (sulfide) groups is 1. The Bertz CT molecular complexity index is 1260. The maximum absolute atomic E-state index is 13.0. The summed E-state index contributed by atoms with van der Waals surface area (Å²) in [4.78, 5) is 29.1. The molecule has 0 saturated carbocycles. The first-order valence-electron chi connectivity index (χ1n) is 9.64. The Morgan fingerprint density at radius 3 is 2.84 bits per heavy atom. The molecule has 0 aromatic heterocycles. The van der Waals surface area contributed by atoms with Gasteiger partial charge in [0.15, 0.2) is 22.8 Å². The Morgan fingerprint density at radius 1 is 1.29 bits per heavy atom. The fourth-order valence-electron chi connectivity index (χ4n) is 3.61. The van der Waals surface area contributed by atoms with Crippen LogP contribution < -0.4 is 25.4 Å². The van der Waals surface area contributed by atoms with Crippen molar-refractivity contribution in [3.63, 3.8) is 0 Å². The number of carbonyl (C=O) groups excluding carboxylic acids is 1.